The second kappa shape index (κ2) is 8.93. The van der Waals surface area contributed by atoms with E-state index in [1.165, 1.54) is 5.56 Å². The van der Waals surface area contributed by atoms with Gasteiger partial charge in [-0.1, -0.05) is 48.5 Å². The molecule has 0 aliphatic carbocycles. The Morgan fingerprint density at radius 2 is 1.72 bits per heavy atom. The first-order valence-electron chi connectivity index (χ1n) is 9.55. The van der Waals surface area contributed by atoms with E-state index in [1.807, 2.05) is 48.5 Å². The van der Waals surface area contributed by atoms with E-state index < -0.39 is 0 Å². The van der Waals surface area contributed by atoms with Crippen molar-refractivity contribution in [2.45, 2.75) is 12.8 Å². The minimum absolute atomic E-state index is 0.294. The largest absolute Gasteiger partial charge is 0.354 e. The predicted octanol–water partition coefficient (Wildman–Crippen LogP) is 4.32. The van der Waals surface area contributed by atoms with E-state index in [0.717, 1.165) is 30.3 Å². The Morgan fingerprint density at radius 1 is 0.862 bits per heavy atom. The van der Waals surface area contributed by atoms with Crippen LogP contribution in [0.1, 0.15) is 22.5 Å². The van der Waals surface area contributed by atoms with Crippen molar-refractivity contribution in [1.82, 2.24) is 15.0 Å². The molecule has 0 aliphatic rings. The van der Waals surface area contributed by atoms with E-state index in [0.29, 0.717) is 17.3 Å². The minimum Gasteiger partial charge on any atom is -0.354 e. The number of para-hydroxylation sites is 1. The average Bonchev–Trinajstić information content (AvgIpc) is 2.78. The molecule has 6 nitrogen and oxygen atoms in total. The van der Waals surface area contributed by atoms with Gasteiger partial charge in [0.25, 0.3) is 5.91 Å². The summed E-state index contributed by atoms with van der Waals surface area (Å²) in [7, 11) is 0. The van der Waals surface area contributed by atoms with Crippen molar-refractivity contribution in [3.05, 3.63) is 90.4 Å². The number of amides is 1. The molecule has 0 saturated carbocycles. The number of nitrogens with zero attached hydrogens (tertiary/aromatic N) is 3. The Bertz CT molecular complexity index is 1110. The molecule has 144 valence electrons. The number of carbonyl (C=O) groups excluding carboxylic acids is 1. The van der Waals surface area contributed by atoms with Crippen molar-refractivity contribution >= 4 is 28.4 Å². The highest BCUT2D eigenvalue weighted by Gasteiger charge is 2.11. The Kier molecular flexibility index (Phi) is 5.71. The zero-order valence-electron chi connectivity index (χ0n) is 15.9. The molecule has 0 aliphatic heterocycles. The maximum Gasteiger partial charge on any atom is 0.274 e. The maximum atomic E-state index is 12.7. The molecule has 4 rings (SSSR count). The first kappa shape index (κ1) is 18.6. The molecule has 2 aromatic heterocycles. The highest BCUT2D eigenvalue weighted by molar-refractivity contribution is 6.07. The molecule has 4 aromatic rings. The number of aryl methyl sites for hydroxylation is 1. The van der Waals surface area contributed by atoms with Crippen LogP contribution >= 0.6 is 0 Å². The number of nitrogens with one attached hydrogen (secondary N) is 2. The number of anilines is 2. The average molecular weight is 383 g/mol. The van der Waals surface area contributed by atoms with Crippen LogP contribution in [0.2, 0.25) is 0 Å². The lowest BCUT2D eigenvalue weighted by Gasteiger charge is -2.09. The van der Waals surface area contributed by atoms with Crippen LogP contribution in [-0.4, -0.2) is 27.4 Å². The summed E-state index contributed by atoms with van der Waals surface area (Å²) in [5.74, 6) is 0.152. The SMILES string of the molecule is O=C(Nc1cccc2cccnc12)c1ccnc(NCCCc2ccccc2)n1. The minimum atomic E-state index is -0.294. The van der Waals surface area contributed by atoms with Crippen molar-refractivity contribution in [3.8, 4) is 0 Å². The van der Waals surface area contributed by atoms with Gasteiger partial charge in [0, 0.05) is 24.3 Å². The second-order valence-electron chi connectivity index (χ2n) is 6.62. The van der Waals surface area contributed by atoms with Gasteiger partial charge in [-0.15, -0.1) is 0 Å². The molecular weight excluding hydrogens is 362 g/mol. The maximum absolute atomic E-state index is 12.7. The molecule has 0 radical (unpaired) electrons. The summed E-state index contributed by atoms with van der Waals surface area (Å²) in [5.41, 5.74) is 3.01. The molecule has 0 saturated heterocycles. The third-order valence-corrected chi connectivity index (χ3v) is 4.54. The number of hydrogen-bond acceptors (Lipinski definition) is 5. The summed E-state index contributed by atoms with van der Waals surface area (Å²) >= 11 is 0. The van der Waals surface area contributed by atoms with E-state index >= 15 is 0 Å². The van der Waals surface area contributed by atoms with Crippen molar-refractivity contribution in [1.29, 1.82) is 0 Å². The molecule has 29 heavy (non-hydrogen) atoms. The molecule has 2 N–H and O–H groups in total. The predicted molar refractivity (Wildman–Crippen MR) is 115 cm³/mol. The van der Waals surface area contributed by atoms with E-state index in [9.17, 15) is 4.79 Å². The fourth-order valence-electron chi connectivity index (χ4n) is 3.10. The van der Waals surface area contributed by atoms with E-state index in [-0.39, 0.29) is 5.91 Å². The zero-order chi connectivity index (χ0) is 19.9. The summed E-state index contributed by atoms with van der Waals surface area (Å²) in [6.07, 6.45) is 5.22. The molecule has 0 unspecified atom stereocenters. The number of carbonyl (C=O) groups is 1. The molecule has 0 atom stereocenters. The lowest BCUT2D eigenvalue weighted by Crippen LogP contribution is -2.16. The fourth-order valence-corrected chi connectivity index (χ4v) is 3.10. The summed E-state index contributed by atoms with van der Waals surface area (Å²) in [5, 5.41) is 7.05. The number of hydrogen-bond donors (Lipinski definition) is 2. The molecular formula is C23H21N5O. The van der Waals surface area contributed by atoms with Gasteiger partial charge in [-0.05, 0) is 36.6 Å². The summed E-state index contributed by atoms with van der Waals surface area (Å²) in [4.78, 5) is 25.6. The second-order valence-corrected chi connectivity index (χ2v) is 6.62. The fraction of sp³-hybridized carbons (Fsp3) is 0.130. The van der Waals surface area contributed by atoms with Crippen molar-refractivity contribution in [2.75, 3.05) is 17.2 Å². The van der Waals surface area contributed by atoms with Crippen molar-refractivity contribution in [3.63, 3.8) is 0 Å². The Hall–Kier alpha value is -3.80. The first-order chi connectivity index (χ1) is 14.3. The summed E-state index contributed by atoms with van der Waals surface area (Å²) in [6.45, 7) is 0.729. The van der Waals surface area contributed by atoms with Crippen LogP contribution in [-0.2, 0) is 6.42 Å². The third-order valence-electron chi connectivity index (χ3n) is 4.54. The van der Waals surface area contributed by atoms with Crippen LogP contribution in [0.15, 0.2) is 79.1 Å². The normalized spacial score (nSPS) is 10.6. The van der Waals surface area contributed by atoms with E-state index in [2.05, 4.69) is 37.7 Å². The highest BCUT2D eigenvalue weighted by Crippen LogP contribution is 2.21. The number of aromatic nitrogens is 3. The van der Waals surface area contributed by atoms with Gasteiger partial charge in [0.05, 0.1) is 11.2 Å². The van der Waals surface area contributed by atoms with Crippen molar-refractivity contribution < 1.29 is 4.79 Å². The summed E-state index contributed by atoms with van der Waals surface area (Å²) < 4.78 is 0. The van der Waals surface area contributed by atoms with Gasteiger partial charge in [-0.25, -0.2) is 9.97 Å². The number of fused-ring (bicyclic) bond motifs is 1. The Balaban J connectivity index is 1.38. The van der Waals surface area contributed by atoms with E-state index in [4.69, 9.17) is 0 Å². The van der Waals surface area contributed by atoms with Gasteiger partial charge in [0.15, 0.2) is 0 Å². The molecule has 0 bridgehead atoms. The van der Waals surface area contributed by atoms with Crippen molar-refractivity contribution in [2.24, 2.45) is 0 Å². The number of benzene rings is 2. The Labute approximate surface area is 169 Å². The summed E-state index contributed by atoms with van der Waals surface area (Å²) in [6, 6.07) is 21.4. The lowest BCUT2D eigenvalue weighted by atomic mass is 10.1. The number of rotatable bonds is 7. The van der Waals surface area contributed by atoms with Crippen LogP contribution in [0.5, 0.6) is 0 Å². The standard InChI is InChI=1S/C23H21N5O/c29-22(27-19-12-4-10-18-11-6-14-24-21(18)19)20-13-16-26-23(28-20)25-15-5-9-17-7-2-1-3-8-17/h1-4,6-8,10-14,16H,5,9,15H2,(H,27,29)(H,25,26,28). The first-order valence-corrected chi connectivity index (χ1v) is 9.55. The molecule has 0 fully saturated rings. The Morgan fingerprint density at radius 3 is 2.62 bits per heavy atom. The van der Waals surface area contributed by atoms with Gasteiger partial charge in [-0.3, -0.25) is 9.78 Å². The van der Waals surface area contributed by atoms with Gasteiger partial charge >= 0.3 is 0 Å². The molecule has 6 heteroatoms. The van der Waals surface area contributed by atoms with Gasteiger partial charge < -0.3 is 10.6 Å². The third kappa shape index (κ3) is 4.73. The van der Waals surface area contributed by atoms with Gasteiger partial charge in [0.1, 0.15) is 5.69 Å². The van der Waals surface area contributed by atoms with E-state index in [1.54, 1.807) is 18.5 Å². The zero-order valence-corrected chi connectivity index (χ0v) is 15.9. The topological polar surface area (TPSA) is 79.8 Å². The van der Waals surface area contributed by atoms with Crippen LogP contribution in [0, 0.1) is 0 Å². The molecule has 2 aromatic carbocycles. The monoisotopic (exact) mass is 383 g/mol. The van der Waals surface area contributed by atoms with Gasteiger partial charge in [-0.2, -0.15) is 0 Å². The molecule has 2 heterocycles. The van der Waals surface area contributed by atoms with Crippen LogP contribution in [0.25, 0.3) is 10.9 Å². The molecule has 1 amide bonds. The van der Waals surface area contributed by atoms with Gasteiger partial charge in [0.2, 0.25) is 5.95 Å². The lowest BCUT2D eigenvalue weighted by molar-refractivity contribution is 0.102. The van der Waals surface area contributed by atoms with Crippen LogP contribution < -0.4 is 10.6 Å². The van der Waals surface area contributed by atoms with Crippen LogP contribution in [0.3, 0.4) is 0 Å². The smallest absolute Gasteiger partial charge is 0.274 e. The molecule has 0 spiro atoms. The highest BCUT2D eigenvalue weighted by atomic mass is 16.1. The quantitative estimate of drug-likeness (QED) is 0.465. The number of pyridine rings is 1. The van der Waals surface area contributed by atoms with Crippen LogP contribution in [0.4, 0.5) is 11.6 Å².